The first-order valence-electron chi connectivity index (χ1n) is 6.66. The van der Waals surface area contributed by atoms with Crippen LogP contribution in [-0.2, 0) is 4.79 Å². The Bertz CT molecular complexity index is 403. The summed E-state index contributed by atoms with van der Waals surface area (Å²) in [5, 5.41) is 3.22. The van der Waals surface area contributed by atoms with Crippen molar-refractivity contribution in [2.45, 2.75) is 39.3 Å². The van der Waals surface area contributed by atoms with E-state index < -0.39 is 0 Å². The first kappa shape index (κ1) is 15.6. The van der Waals surface area contributed by atoms with Crippen molar-refractivity contribution < 1.29 is 9.18 Å². The topological polar surface area (TPSA) is 32.3 Å². The van der Waals surface area contributed by atoms with Gasteiger partial charge in [0.05, 0.1) is 6.04 Å². The Morgan fingerprint density at radius 2 is 1.84 bits per heavy atom. The van der Waals surface area contributed by atoms with Gasteiger partial charge in [0.1, 0.15) is 5.82 Å². The number of hydrogen-bond acceptors (Lipinski definition) is 2. The molecule has 1 N–H and O–H groups in total. The number of benzene rings is 1. The molecule has 1 atom stereocenters. The largest absolute Gasteiger partial charge is 0.339 e. The molecule has 0 fully saturated rings. The lowest BCUT2D eigenvalue weighted by Gasteiger charge is -2.25. The summed E-state index contributed by atoms with van der Waals surface area (Å²) in [6.45, 7) is 6.72. The van der Waals surface area contributed by atoms with Crippen LogP contribution in [0, 0.1) is 5.82 Å². The molecule has 1 amide bonds. The fourth-order valence-electron chi connectivity index (χ4n) is 1.83. The number of rotatable bonds is 6. The molecule has 0 aliphatic rings. The average molecular weight is 266 g/mol. The molecule has 1 aromatic carbocycles. The Morgan fingerprint density at radius 3 is 2.37 bits per heavy atom. The number of nitrogens with zero attached hydrogens (tertiary/aromatic N) is 1. The minimum Gasteiger partial charge on any atom is -0.339 e. The maximum atomic E-state index is 12.9. The third-order valence-corrected chi connectivity index (χ3v) is 3.22. The lowest BCUT2D eigenvalue weighted by molar-refractivity contribution is -0.131. The van der Waals surface area contributed by atoms with E-state index in [0.29, 0.717) is 19.0 Å². The Morgan fingerprint density at radius 1 is 1.26 bits per heavy atom. The molecule has 0 heterocycles. The monoisotopic (exact) mass is 266 g/mol. The van der Waals surface area contributed by atoms with Crippen molar-refractivity contribution in [2.75, 3.05) is 13.6 Å². The van der Waals surface area contributed by atoms with Crippen LogP contribution in [0.1, 0.15) is 38.8 Å². The summed E-state index contributed by atoms with van der Waals surface area (Å²) in [6, 6.07) is 6.61. The van der Waals surface area contributed by atoms with Gasteiger partial charge in [0, 0.05) is 26.1 Å². The summed E-state index contributed by atoms with van der Waals surface area (Å²) in [6.07, 6.45) is 0.472. The van der Waals surface area contributed by atoms with Gasteiger partial charge in [-0.15, -0.1) is 0 Å². The lowest BCUT2D eigenvalue weighted by Crippen LogP contribution is -2.33. The fraction of sp³-hybridized carbons (Fsp3) is 0.533. The van der Waals surface area contributed by atoms with E-state index in [1.807, 2.05) is 6.92 Å². The van der Waals surface area contributed by atoms with Gasteiger partial charge in [-0.2, -0.15) is 0 Å². The van der Waals surface area contributed by atoms with Gasteiger partial charge in [0.15, 0.2) is 0 Å². The zero-order chi connectivity index (χ0) is 14.4. The summed E-state index contributed by atoms with van der Waals surface area (Å²) in [7, 11) is 1.78. The number of carbonyl (C=O) groups excluding carboxylic acids is 1. The van der Waals surface area contributed by atoms with E-state index in [1.165, 1.54) is 12.1 Å². The highest BCUT2D eigenvalue weighted by Gasteiger charge is 2.16. The van der Waals surface area contributed by atoms with E-state index in [1.54, 1.807) is 24.1 Å². The molecule has 0 aliphatic heterocycles. The van der Waals surface area contributed by atoms with E-state index >= 15 is 0 Å². The standard InChI is InChI=1S/C15H23FN2O/c1-11(2)17-10-9-15(19)18(4)12(3)13-5-7-14(16)8-6-13/h5-8,11-12,17H,9-10H2,1-4H3. The van der Waals surface area contributed by atoms with E-state index in [0.717, 1.165) is 5.56 Å². The zero-order valence-electron chi connectivity index (χ0n) is 12.1. The van der Waals surface area contributed by atoms with Crippen LogP contribution in [0.15, 0.2) is 24.3 Å². The minimum absolute atomic E-state index is 0.0489. The Balaban J connectivity index is 2.53. The van der Waals surface area contributed by atoms with Crippen molar-refractivity contribution >= 4 is 5.91 Å². The molecule has 3 nitrogen and oxygen atoms in total. The van der Waals surface area contributed by atoms with Gasteiger partial charge in [-0.3, -0.25) is 4.79 Å². The number of hydrogen-bond donors (Lipinski definition) is 1. The van der Waals surface area contributed by atoms with Gasteiger partial charge in [-0.1, -0.05) is 26.0 Å². The zero-order valence-corrected chi connectivity index (χ0v) is 12.1. The molecule has 1 aromatic rings. The molecule has 0 saturated carbocycles. The Kier molecular flexibility index (Phi) is 5.96. The number of amides is 1. The van der Waals surface area contributed by atoms with Crippen molar-refractivity contribution in [2.24, 2.45) is 0 Å². The molecule has 0 radical (unpaired) electrons. The van der Waals surface area contributed by atoms with Crippen LogP contribution < -0.4 is 5.32 Å². The summed E-state index contributed by atoms with van der Waals surface area (Å²) in [4.78, 5) is 13.7. The van der Waals surface area contributed by atoms with Crippen molar-refractivity contribution in [1.82, 2.24) is 10.2 Å². The summed E-state index contributed by atoms with van der Waals surface area (Å²) >= 11 is 0. The van der Waals surface area contributed by atoms with Crippen molar-refractivity contribution in [3.05, 3.63) is 35.6 Å². The maximum Gasteiger partial charge on any atom is 0.224 e. The summed E-state index contributed by atoms with van der Waals surface area (Å²) < 4.78 is 12.9. The average Bonchev–Trinajstić information content (AvgIpc) is 2.37. The van der Waals surface area contributed by atoms with Crippen LogP contribution >= 0.6 is 0 Å². The van der Waals surface area contributed by atoms with Gasteiger partial charge in [-0.25, -0.2) is 4.39 Å². The van der Waals surface area contributed by atoms with Crippen LogP contribution in [0.5, 0.6) is 0 Å². The smallest absolute Gasteiger partial charge is 0.224 e. The molecule has 4 heteroatoms. The first-order valence-corrected chi connectivity index (χ1v) is 6.66. The van der Waals surface area contributed by atoms with Gasteiger partial charge in [0.25, 0.3) is 0 Å². The SMILES string of the molecule is CC(C)NCCC(=O)N(C)C(C)c1ccc(F)cc1. The number of nitrogens with one attached hydrogen (secondary N) is 1. The Hall–Kier alpha value is -1.42. The Labute approximate surface area is 114 Å². The van der Waals surface area contributed by atoms with E-state index in [2.05, 4.69) is 19.2 Å². The number of carbonyl (C=O) groups is 1. The predicted molar refractivity (Wildman–Crippen MR) is 75.3 cm³/mol. The third kappa shape index (κ3) is 4.99. The molecule has 0 aliphatic carbocycles. The predicted octanol–water partition coefficient (Wildman–Crippen LogP) is 2.73. The van der Waals surface area contributed by atoms with Crippen LogP contribution in [0.4, 0.5) is 4.39 Å². The van der Waals surface area contributed by atoms with E-state index in [9.17, 15) is 9.18 Å². The molecular formula is C15H23FN2O. The van der Waals surface area contributed by atoms with Crippen LogP contribution in [0.3, 0.4) is 0 Å². The summed E-state index contributed by atoms with van der Waals surface area (Å²) in [5.41, 5.74) is 0.939. The minimum atomic E-state index is -0.258. The second kappa shape index (κ2) is 7.24. The van der Waals surface area contributed by atoms with Crippen LogP contribution in [0.25, 0.3) is 0 Å². The molecule has 0 aromatic heterocycles. The molecule has 0 spiro atoms. The van der Waals surface area contributed by atoms with Crippen molar-refractivity contribution in [1.29, 1.82) is 0 Å². The van der Waals surface area contributed by atoms with Gasteiger partial charge >= 0.3 is 0 Å². The molecule has 1 unspecified atom stereocenters. The third-order valence-electron chi connectivity index (χ3n) is 3.22. The van der Waals surface area contributed by atoms with Crippen molar-refractivity contribution in [3.63, 3.8) is 0 Å². The van der Waals surface area contributed by atoms with Gasteiger partial charge in [-0.05, 0) is 24.6 Å². The van der Waals surface area contributed by atoms with E-state index in [-0.39, 0.29) is 17.8 Å². The second-order valence-corrected chi connectivity index (χ2v) is 5.09. The number of halogens is 1. The van der Waals surface area contributed by atoms with Crippen molar-refractivity contribution in [3.8, 4) is 0 Å². The molecular weight excluding hydrogens is 243 g/mol. The highest BCUT2D eigenvalue weighted by Crippen LogP contribution is 2.19. The van der Waals surface area contributed by atoms with E-state index in [4.69, 9.17) is 0 Å². The van der Waals surface area contributed by atoms with Crippen LogP contribution in [-0.4, -0.2) is 30.4 Å². The fourth-order valence-corrected chi connectivity index (χ4v) is 1.83. The first-order chi connectivity index (χ1) is 8.91. The van der Waals surface area contributed by atoms with Gasteiger partial charge in [0.2, 0.25) is 5.91 Å². The molecule has 19 heavy (non-hydrogen) atoms. The molecule has 0 saturated heterocycles. The molecule has 1 rings (SSSR count). The maximum absolute atomic E-state index is 12.9. The molecule has 0 bridgehead atoms. The highest BCUT2D eigenvalue weighted by molar-refractivity contribution is 5.76. The van der Waals surface area contributed by atoms with Gasteiger partial charge < -0.3 is 10.2 Å². The normalized spacial score (nSPS) is 12.5. The second-order valence-electron chi connectivity index (χ2n) is 5.09. The summed E-state index contributed by atoms with van der Waals surface area (Å²) in [5.74, 6) is -0.170. The highest BCUT2D eigenvalue weighted by atomic mass is 19.1. The molecule has 106 valence electrons. The lowest BCUT2D eigenvalue weighted by atomic mass is 10.1. The quantitative estimate of drug-likeness (QED) is 0.858. The van der Waals surface area contributed by atoms with Crippen LogP contribution in [0.2, 0.25) is 0 Å².